The molecule has 2 aromatic heterocycles. The van der Waals surface area contributed by atoms with Gasteiger partial charge in [-0.2, -0.15) is 0 Å². The van der Waals surface area contributed by atoms with Crippen molar-refractivity contribution in [3.05, 3.63) is 57.0 Å². The van der Waals surface area contributed by atoms with Crippen LogP contribution in [0.3, 0.4) is 0 Å². The van der Waals surface area contributed by atoms with Crippen LogP contribution in [0.1, 0.15) is 27.3 Å². The predicted octanol–water partition coefficient (Wildman–Crippen LogP) is 3.15. The van der Waals surface area contributed by atoms with E-state index in [1.807, 2.05) is 18.3 Å². The van der Waals surface area contributed by atoms with Crippen LogP contribution in [0.25, 0.3) is 6.08 Å². The second-order valence-electron chi connectivity index (χ2n) is 4.61. The van der Waals surface area contributed by atoms with Gasteiger partial charge in [-0.25, -0.2) is 4.79 Å². The molecular formula is C15H13NO2S. The fourth-order valence-electron chi connectivity index (χ4n) is 2.28. The summed E-state index contributed by atoms with van der Waals surface area (Å²) in [5, 5.41) is 9.03. The molecule has 0 aromatic carbocycles. The molecule has 96 valence electrons. The van der Waals surface area contributed by atoms with Crippen LogP contribution in [0.15, 0.2) is 36.2 Å². The van der Waals surface area contributed by atoms with Gasteiger partial charge in [0.15, 0.2) is 0 Å². The number of carboxylic acid groups (broad SMARTS) is 1. The molecule has 1 aliphatic carbocycles. The van der Waals surface area contributed by atoms with Gasteiger partial charge in [0, 0.05) is 34.1 Å². The zero-order valence-corrected chi connectivity index (χ0v) is 11.1. The molecule has 4 heteroatoms. The van der Waals surface area contributed by atoms with Crippen molar-refractivity contribution in [1.29, 1.82) is 0 Å². The van der Waals surface area contributed by atoms with Crippen molar-refractivity contribution in [3.8, 4) is 0 Å². The topological polar surface area (TPSA) is 50.2 Å². The third kappa shape index (κ3) is 2.58. The van der Waals surface area contributed by atoms with Gasteiger partial charge in [0.2, 0.25) is 0 Å². The Morgan fingerprint density at radius 1 is 1.42 bits per heavy atom. The molecular weight excluding hydrogens is 258 g/mol. The van der Waals surface area contributed by atoms with Crippen LogP contribution in [-0.2, 0) is 17.6 Å². The minimum absolute atomic E-state index is 0.516. The molecule has 0 saturated heterocycles. The van der Waals surface area contributed by atoms with E-state index in [-0.39, 0.29) is 0 Å². The lowest BCUT2D eigenvalue weighted by Crippen LogP contribution is -2.05. The highest BCUT2D eigenvalue weighted by Gasteiger charge is 2.17. The number of thiophene rings is 1. The Hall–Kier alpha value is -1.94. The summed E-state index contributed by atoms with van der Waals surface area (Å²) in [6.07, 6.45) is 7.78. The van der Waals surface area contributed by atoms with Crippen molar-refractivity contribution in [2.75, 3.05) is 0 Å². The van der Waals surface area contributed by atoms with Gasteiger partial charge in [0.25, 0.3) is 0 Å². The Morgan fingerprint density at radius 2 is 2.32 bits per heavy atom. The van der Waals surface area contributed by atoms with Gasteiger partial charge in [-0.3, -0.25) is 4.98 Å². The summed E-state index contributed by atoms with van der Waals surface area (Å²) in [6.45, 7) is 0. The fraction of sp³-hybridized carbons (Fsp3) is 0.200. The van der Waals surface area contributed by atoms with E-state index in [0.717, 1.165) is 17.7 Å². The summed E-state index contributed by atoms with van der Waals surface area (Å²) in [4.78, 5) is 17.5. The first-order valence-corrected chi connectivity index (χ1v) is 6.98. The molecule has 0 radical (unpaired) electrons. The Morgan fingerprint density at radius 3 is 3.05 bits per heavy atom. The second-order valence-corrected chi connectivity index (χ2v) is 5.78. The highest BCUT2D eigenvalue weighted by Crippen LogP contribution is 2.32. The minimum Gasteiger partial charge on any atom is -0.478 e. The van der Waals surface area contributed by atoms with Crippen LogP contribution >= 0.6 is 11.3 Å². The molecule has 1 aliphatic rings. The second kappa shape index (κ2) is 4.97. The summed E-state index contributed by atoms with van der Waals surface area (Å²) in [6, 6.07) is 6.19. The zero-order chi connectivity index (χ0) is 13.2. The summed E-state index contributed by atoms with van der Waals surface area (Å²) in [5.41, 5.74) is 2.97. The highest BCUT2D eigenvalue weighted by atomic mass is 32.1. The van der Waals surface area contributed by atoms with E-state index in [1.165, 1.54) is 16.0 Å². The normalized spacial score (nSPS) is 13.8. The molecule has 0 unspecified atom stereocenters. The number of carboxylic acids is 1. The van der Waals surface area contributed by atoms with E-state index >= 15 is 0 Å². The first-order valence-electron chi connectivity index (χ1n) is 6.17. The molecule has 1 N–H and O–H groups in total. The Labute approximate surface area is 115 Å². The molecule has 0 amide bonds. The average molecular weight is 271 g/mol. The maximum absolute atomic E-state index is 11.0. The molecule has 0 atom stereocenters. The summed E-state index contributed by atoms with van der Waals surface area (Å²) >= 11 is 1.68. The van der Waals surface area contributed by atoms with Crippen molar-refractivity contribution in [2.45, 2.75) is 19.3 Å². The minimum atomic E-state index is -0.798. The molecule has 0 bridgehead atoms. The van der Waals surface area contributed by atoms with E-state index in [2.05, 4.69) is 17.1 Å². The molecule has 3 rings (SSSR count). The maximum atomic E-state index is 11.0. The number of fused-ring (bicyclic) bond motifs is 1. The maximum Gasteiger partial charge on any atom is 0.331 e. The zero-order valence-electron chi connectivity index (χ0n) is 10.3. The van der Waals surface area contributed by atoms with Crippen LogP contribution < -0.4 is 0 Å². The van der Waals surface area contributed by atoms with Crippen LogP contribution in [-0.4, -0.2) is 16.1 Å². The van der Waals surface area contributed by atoms with E-state index in [1.54, 1.807) is 17.5 Å². The lowest BCUT2D eigenvalue weighted by atomic mass is 9.98. The lowest BCUT2D eigenvalue weighted by molar-refractivity contribution is -0.132. The predicted molar refractivity (Wildman–Crippen MR) is 75.3 cm³/mol. The van der Waals surface area contributed by atoms with E-state index in [4.69, 9.17) is 5.11 Å². The monoisotopic (exact) mass is 271 g/mol. The summed E-state index contributed by atoms with van der Waals surface area (Å²) < 4.78 is 0. The Kier molecular flexibility index (Phi) is 3.17. The van der Waals surface area contributed by atoms with Gasteiger partial charge < -0.3 is 5.11 Å². The van der Waals surface area contributed by atoms with Crippen LogP contribution in [0.5, 0.6) is 0 Å². The van der Waals surface area contributed by atoms with Gasteiger partial charge in [-0.1, -0.05) is 6.07 Å². The fourth-order valence-corrected chi connectivity index (χ4v) is 3.49. The molecule has 2 aromatic rings. The molecule has 0 saturated carbocycles. The molecule has 19 heavy (non-hydrogen) atoms. The highest BCUT2D eigenvalue weighted by molar-refractivity contribution is 7.13. The number of pyridine rings is 1. The largest absolute Gasteiger partial charge is 0.478 e. The average Bonchev–Trinajstić information content (AvgIpc) is 2.80. The van der Waals surface area contributed by atoms with Crippen molar-refractivity contribution in [1.82, 2.24) is 4.98 Å². The van der Waals surface area contributed by atoms with Crippen molar-refractivity contribution in [2.24, 2.45) is 0 Å². The number of aliphatic carboxylic acids is 1. The first kappa shape index (κ1) is 12.1. The van der Waals surface area contributed by atoms with Crippen LogP contribution in [0, 0.1) is 0 Å². The summed E-state index contributed by atoms with van der Waals surface area (Å²) in [5.74, 6) is -0.798. The van der Waals surface area contributed by atoms with E-state index < -0.39 is 5.97 Å². The van der Waals surface area contributed by atoms with Crippen LogP contribution in [0.4, 0.5) is 0 Å². The Balaban J connectivity index is 1.86. The molecule has 3 nitrogen and oxygen atoms in total. The van der Waals surface area contributed by atoms with Gasteiger partial charge in [-0.05, 0) is 42.2 Å². The van der Waals surface area contributed by atoms with E-state index in [9.17, 15) is 4.79 Å². The number of nitrogens with zero attached hydrogens (tertiary/aromatic N) is 1. The van der Waals surface area contributed by atoms with Gasteiger partial charge in [0.1, 0.15) is 0 Å². The molecule has 0 spiro atoms. The molecule has 2 heterocycles. The van der Waals surface area contributed by atoms with Crippen molar-refractivity contribution >= 4 is 23.4 Å². The van der Waals surface area contributed by atoms with Gasteiger partial charge >= 0.3 is 5.97 Å². The SMILES string of the molecule is O=C(O)C1=Cc2sc(Cc3cccnc3)cc2CC1. The number of carbonyl (C=O) groups is 1. The van der Waals surface area contributed by atoms with Crippen molar-refractivity contribution < 1.29 is 9.90 Å². The van der Waals surface area contributed by atoms with E-state index in [0.29, 0.717) is 12.0 Å². The number of hydrogen-bond acceptors (Lipinski definition) is 3. The molecule has 0 aliphatic heterocycles. The standard InChI is InChI=1S/C15H13NO2S/c17-15(18)12-4-3-11-7-13(19-14(11)8-12)6-10-2-1-5-16-9-10/h1-2,5,7-9H,3-4,6H2,(H,17,18). The quantitative estimate of drug-likeness (QED) is 0.933. The Bertz CT molecular complexity index is 643. The van der Waals surface area contributed by atoms with Gasteiger partial charge in [-0.15, -0.1) is 11.3 Å². The number of hydrogen-bond donors (Lipinski definition) is 1. The van der Waals surface area contributed by atoms with Crippen LogP contribution in [0.2, 0.25) is 0 Å². The molecule has 0 fully saturated rings. The van der Waals surface area contributed by atoms with Gasteiger partial charge in [0.05, 0.1) is 0 Å². The third-order valence-electron chi connectivity index (χ3n) is 3.24. The smallest absolute Gasteiger partial charge is 0.331 e. The first-order chi connectivity index (χ1) is 9.22. The third-order valence-corrected chi connectivity index (χ3v) is 4.36. The summed E-state index contributed by atoms with van der Waals surface area (Å²) in [7, 11) is 0. The number of aromatic nitrogens is 1. The number of rotatable bonds is 3. The lowest BCUT2D eigenvalue weighted by Gasteiger charge is -2.08. The number of aryl methyl sites for hydroxylation is 1. The van der Waals surface area contributed by atoms with Crippen molar-refractivity contribution in [3.63, 3.8) is 0 Å².